The number of furan rings is 1. The first-order valence-electron chi connectivity index (χ1n) is 4.85. The van der Waals surface area contributed by atoms with E-state index in [9.17, 15) is 4.39 Å². The van der Waals surface area contributed by atoms with Gasteiger partial charge in [-0.05, 0) is 43.0 Å². The summed E-state index contributed by atoms with van der Waals surface area (Å²) in [5.74, 6) is 0.803. The first kappa shape index (κ1) is 9.99. The number of hydrogen-bond donors (Lipinski definition) is 1. The van der Waals surface area contributed by atoms with Crippen LogP contribution in [-0.2, 0) is 6.54 Å². The van der Waals surface area contributed by atoms with Gasteiger partial charge in [-0.2, -0.15) is 0 Å². The lowest BCUT2D eigenvalue weighted by molar-refractivity contribution is 0.331. The molecule has 0 saturated heterocycles. The minimum absolute atomic E-state index is 0.286. The molecule has 2 rings (SSSR count). The Hall–Kier alpha value is -0.540. The fourth-order valence-corrected chi connectivity index (χ4v) is 1.97. The molecule has 1 aliphatic rings. The Morgan fingerprint density at radius 1 is 1.50 bits per heavy atom. The van der Waals surface area contributed by atoms with Crippen molar-refractivity contribution in [2.24, 2.45) is 0 Å². The summed E-state index contributed by atoms with van der Waals surface area (Å²) in [5.41, 5.74) is 0. The second kappa shape index (κ2) is 4.32. The van der Waals surface area contributed by atoms with Crippen molar-refractivity contribution in [2.75, 3.05) is 0 Å². The van der Waals surface area contributed by atoms with Gasteiger partial charge in [0.05, 0.1) is 6.54 Å². The quantitative estimate of drug-likeness (QED) is 0.842. The summed E-state index contributed by atoms with van der Waals surface area (Å²) in [5, 5.41) is 3.65. The Balaban J connectivity index is 1.77. The summed E-state index contributed by atoms with van der Waals surface area (Å²) >= 11 is 5.62. The maximum absolute atomic E-state index is 12.8. The second-order valence-electron chi connectivity index (χ2n) is 3.69. The van der Waals surface area contributed by atoms with Gasteiger partial charge in [-0.25, -0.2) is 4.39 Å². The molecule has 0 spiro atoms. The van der Waals surface area contributed by atoms with E-state index in [1.807, 2.05) is 6.07 Å². The molecular weight excluding hydrogens is 205 g/mol. The summed E-state index contributed by atoms with van der Waals surface area (Å²) in [6.45, 7) is 0.629. The Morgan fingerprint density at radius 2 is 2.36 bits per heavy atom. The maximum Gasteiger partial charge on any atom is 0.193 e. The van der Waals surface area contributed by atoms with Crippen LogP contribution in [0.25, 0.3) is 0 Å². The number of nitrogens with one attached hydrogen (secondary N) is 1. The molecule has 2 unspecified atom stereocenters. The van der Waals surface area contributed by atoms with E-state index in [1.165, 1.54) is 0 Å². The molecule has 1 aromatic heterocycles. The predicted octanol–water partition coefficient (Wildman–Crippen LogP) is 2.91. The van der Waals surface area contributed by atoms with Gasteiger partial charge in [0.2, 0.25) is 0 Å². The molecule has 14 heavy (non-hydrogen) atoms. The normalized spacial score (nSPS) is 27.0. The predicted molar refractivity (Wildman–Crippen MR) is 53.1 cm³/mol. The van der Waals surface area contributed by atoms with Crippen LogP contribution in [0, 0.1) is 0 Å². The highest BCUT2D eigenvalue weighted by Crippen LogP contribution is 2.22. The average molecular weight is 218 g/mol. The van der Waals surface area contributed by atoms with Crippen LogP contribution in [0.5, 0.6) is 0 Å². The van der Waals surface area contributed by atoms with Crippen molar-refractivity contribution >= 4 is 11.6 Å². The SMILES string of the molecule is FC1CCC(NCc2ccc(Cl)o2)C1. The molecule has 0 amide bonds. The van der Waals surface area contributed by atoms with E-state index in [4.69, 9.17) is 16.0 Å². The largest absolute Gasteiger partial charge is 0.448 e. The van der Waals surface area contributed by atoms with E-state index >= 15 is 0 Å². The van der Waals surface area contributed by atoms with Crippen molar-refractivity contribution in [2.45, 2.75) is 38.0 Å². The van der Waals surface area contributed by atoms with Gasteiger partial charge in [-0.15, -0.1) is 0 Å². The molecule has 2 atom stereocenters. The van der Waals surface area contributed by atoms with Crippen LogP contribution in [0.4, 0.5) is 4.39 Å². The van der Waals surface area contributed by atoms with Crippen LogP contribution in [0.1, 0.15) is 25.0 Å². The molecule has 2 nitrogen and oxygen atoms in total. The highest BCUT2D eigenvalue weighted by molar-refractivity contribution is 6.28. The summed E-state index contributed by atoms with van der Waals surface area (Å²) in [7, 11) is 0. The molecule has 1 aromatic rings. The number of hydrogen-bond acceptors (Lipinski definition) is 2. The van der Waals surface area contributed by atoms with Crippen molar-refractivity contribution in [3.05, 3.63) is 23.1 Å². The zero-order chi connectivity index (χ0) is 9.97. The van der Waals surface area contributed by atoms with Crippen LogP contribution in [0.15, 0.2) is 16.5 Å². The molecule has 1 fully saturated rings. The van der Waals surface area contributed by atoms with Gasteiger partial charge >= 0.3 is 0 Å². The number of alkyl halides is 1. The van der Waals surface area contributed by atoms with Gasteiger partial charge in [0.1, 0.15) is 11.9 Å². The van der Waals surface area contributed by atoms with E-state index in [0.29, 0.717) is 24.6 Å². The minimum Gasteiger partial charge on any atom is -0.448 e. The van der Waals surface area contributed by atoms with Crippen LogP contribution >= 0.6 is 11.6 Å². The second-order valence-corrected chi connectivity index (χ2v) is 4.07. The van der Waals surface area contributed by atoms with Crippen molar-refractivity contribution in [3.63, 3.8) is 0 Å². The van der Waals surface area contributed by atoms with Crippen molar-refractivity contribution in [1.29, 1.82) is 0 Å². The Bertz CT molecular complexity index is 302. The zero-order valence-electron chi connectivity index (χ0n) is 7.80. The van der Waals surface area contributed by atoms with Gasteiger partial charge in [-0.1, -0.05) is 0 Å². The molecule has 78 valence electrons. The topological polar surface area (TPSA) is 25.2 Å². The molecule has 1 N–H and O–H groups in total. The lowest BCUT2D eigenvalue weighted by Crippen LogP contribution is -2.25. The van der Waals surface area contributed by atoms with Gasteiger partial charge in [-0.3, -0.25) is 0 Å². The summed E-state index contributed by atoms with van der Waals surface area (Å²) in [6.07, 6.45) is 1.58. The lowest BCUT2D eigenvalue weighted by atomic mass is 10.2. The fourth-order valence-electron chi connectivity index (χ4n) is 1.80. The van der Waals surface area contributed by atoms with Crippen molar-refractivity contribution in [1.82, 2.24) is 5.32 Å². The highest BCUT2D eigenvalue weighted by atomic mass is 35.5. The van der Waals surface area contributed by atoms with Crippen molar-refractivity contribution in [3.8, 4) is 0 Å². The monoisotopic (exact) mass is 217 g/mol. The fraction of sp³-hybridized carbons (Fsp3) is 0.600. The number of halogens is 2. The van der Waals surface area contributed by atoms with Gasteiger partial charge in [0.25, 0.3) is 0 Å². The Morgan fingerprint density at radius 3 is 2.93 bits per heavy atom. The molecule has 4 heteroatoms. The molecule has 0 bridgehead atoms. The molecule has 0 aliphatic heterocycles. The van der Waals surface area contributed by atoms with Gasteiger partial charge in [0, 0.05) is 6.04 Å². The third-order valence-electron chi connectivity index (χ3n) is 2.56. The van der Waals surface area contributed by atoms with Gasteiger partial charge in [0.15, 0.2) is 5.22 Å². The van der Waals surface area contributed by atoms with Crippen LogP contribution in [0.3, 0.4) is 0 Å². The van der Waals surface area contributed by atoms with Crippen molar-refractivity contribution < 1.29 is 8.81 Å². The molecule has 1 aliphatic carbocycles. The third-order valence-corrected chi connectivity index (χ3v) is 2.77. The molecular formula is C10H13ClFNO. The highest BCUT2D eigenvalue weighted by Gasteiger charge is 2.23. The standard InChI is InChI=1S/C10H13ClFNO/c11-10-4-3-9(14-10)6-13-8-2-1-7(12)5-8/h3-4,7-8,13H,1-2,5-6H2. The molecule has 1 heterocycles. The van der Waals surface area contributed by atoms with E-state index in [1.54, 1.807) is 6.07 Å². The first-order valence-corrected chi connectivity index (χ1v) is 5.23. The minimum atomic E-state index is -0.632. The zero-order valence-corrected chi connectivity index (χ0v) is 8.56. The Kier molecular flexibility index (Phi) is 3.08. The van der Waals surface area contributed by atoms with Crippen LogP contribution < -0.4 is 5.32 Å². The summed E-state index contributed by atoms with van der Waals surface area (Å²) < 4.78 is 18.0. The smallest absolute Gasteiger partial charge is 0.193 e. The first-order chi connectivity index (χ1) is 6.74. The van der Waals surface area contributed by atoms with Crippen LogP contribution in [-0.4, -0.2) is 12.2 Å². The molecule has 0 radical (unpaired) electrons. The van der Waals surface area contributed by atoms with E-state index in [2.05, 4.69) is 5.32 Å². The molecule has 0 aromatic carbocycles. The van der Waals surface area contributed by atoms with E-state index in [-0.39, 0.29) is 6.04 Å². The maximum atomic E-state index is 12.8. The van der Waals surface area contributed by atoms with E-state index < -0.39 is 6.17 Å². The third kappa shape index (κ3) is 2.49. The molecule has 1 saturated carbocycles. The number of rotatable bonds is 3. The lowest BCUT2D eigenvalue weighted by Gasteiger charge is -2.09. The van der Waals surface area contributed by atoms with Gasteiger partial charge < -0.3 is 9.73 Å². The van der Waals surface area contributed by atoms with Crippen LogP contribution in [0.2, 0.25) is 5.22 Å². The average Bonchev–Trinajstić information content (AvgIpc) is 2.72. The summed E-state index contributed by atoms with van der Waals surface area (Å²) in [6, 6.07) is 3.83. The van der Waals surface area contributed by atoms with E-state index in [0.717, 1.165) is 12.2 Å². The summed E-state index contributed by atoms with van der Waals surface area (Å²) in [4.78, 5) is 0. The Labute approximate surface area is 87.4 Å².